The Balaban J connectivity index is 2.30. The van der Waals surface area contributed by atoms with E-state index in [0.29, 0.717) is 5.82 Å². The molecule has 21 heavy (non-hydrogen) atoms. The quantitative estimate of drug-likeness (QED) is 0.602. The van der Waals surface area contributed by atoms with Crippen LogP contribution in [0.15, 0.2) is 46.9 Å². The molecule has 0 amide bonds. The van der Waals surface area contributed by atoms with Gasteiger partial charge in [-0.2, -0.15) is 0 Å². The fourth-order valence-electron chi connectivity index (χ4n) is 2.25. The molecule has 0 aliphatic heterocycles. The maximum Gasteiger partial charge on any atom is 0.323 e. The van der Waals surface area contributed by atoms with Gasteiger partial charge in [0.15, 0.2) is 0 Å². The smallest absolute Gasteiger partial charge is 0.323 e. The monoisotopic (exact) mass is 456 g/mol. The molecule has 4 nitrogen and oxygen atoms in total. The van der Waals surface area contributed by atoms with Crippen molar-refractivity contribution in [3.05, 3.63) is 50.5 Å². The van der Waals surface area contributed by atoms with Crippen molar-refractivity contribution in [2.75, 3.05) is 0 Å². The van der Waals surface area contributed by atoms with Crippen molar-refractivity contribution in [2.45, 2.75) is 6.54 Å². The highest BCUT2D eigenvalue weighted by atomic mass is 127. The molecule has 0 fully saturated rings. The maximum atomic E-state index is 11.2. The average Bonchev–Trinajstić information content (AvgIpc) is 2.80. The first kappa shape index (κ1) is 14.5. The average molecular weight is 457 g/mol. The number of hydrogen-bond donors (Lipinski definition) is 1. The van der Waals surface area contributed by atoms with Gasteiger partial charge in [-0.15, -0.1) is 0 Å². The number of hydrogen-bond acceptors (Lipinski definition) is 2. The van der Waals surface area contributed by atoms with Crippen LogP contribution in [0, 0.1) is 3.57 Å². The number of halogens is 2. The Hall–Kier alpha value is -1.41. The molecule has 0 unspecified atom stereocenters. The lowest BCUT2D eigenvalue weighted by atomic mass is 10.2. The van der Waals surface area contributed by atoms with Crippen LogP contribution in [0.4, 0.5) is 0 Å². The lowest BCUT2D eigenvalue weighted by Gasteiger charge is -2.08. The number of aliphatic carboxylic acids is 1. The Kier molecular flexibility index (Phi) is 3.99. The second-order valence-corrected chi connectivity index (χ2v) is 6.61. The summed E-state index contributed by atoms with van der Waals surface area (Å²) >= 11 is 5.69. The third-order valence-electron chi connectivity index (χ3n) is 3.12. The van der Waals surface area contributed by atoms with Gasteiger partial charge >= 0.3 is 5.97 Å². The van der Waals surface area contributed by atoms with Crippen LogP contribution >= 0.6 is 38.5 Å². The lowest BCUT2D eigenvalue weighted by molar-refractivity contribution is -0.137. The van der Waals surface area contributed by atoms with Crippen LogP contribution in [0.1, 0.15) is 0 Å². The van der Waals surface area contributed by atoms with E-state index in [1.54, 1.807) is 4.57 Å². The number of aromatic nitrogens is 2. The number of carboxylic acids is 1. The van der Waals surface area contributed by atoms with Crippen LogP contribution in [0.2, 0.25) is 0 Å². The van der Waals surface area contributed by atoms with Crippen LogP contribution in [0.25, 0.3) is 22.4 Å². The van der Waals surface area contributed by atoms with Gasteiger partial charge in [0, 0.05) is 13.6 Å². The number of carboxylic acid groups (broad SMARTS) is 1. The Bertz CT molecular complexity index is 845. The number of carbonyl (C=O) groups is 1. The van der Waals surface area contributed by atoms with E-state index >= 15 is 0 Å². The van der Waals surface area contributed by atoms with Gasteiger partial charge in [-0.25, -0.2) is 4.98 Å². The topological polar surface area (TPSA) is 55.1 Å². The summed E-state index contributed by atoms with van der Waals surface area (Å²) in [5.74, 6) is -0.214. The summed E-state index contributed by atoms with van der Waals surface area (Å²) in [5, 5.41) is 9.18. The molecule has 3 aromatic rings. The summed E-state index contributed by atoms with van der Waals surface area (Å²) in [6.45, 7) is -0.113. The molecule has 0 saturated carbocycles. The summed E-state index contributed by atoms with van der Waals surface area (Å²) in [5.41, 5.74) is 2.54. The first-order valence-electron chi connectivity index (χ1n) is 6.19. The van der Waals surface area contributed by atoms with Crippen LogP contribution in [-0.4, -0.2) is 20.6 Å². The zero-order valence-electron chi connectivity index (χ0n) is 10.8. The third kappa shape index (κ3) is 2.82. The maximum absolute atomic E-state index is 11.2. The highest BCUT2D eigenvalue weighted by molar-refractivity contribution is 14.1. The third-order valence-corrected chi connectivity index (χ3v) is 4.55. The number of para-hydroxylation sites is 2. The van der Waals surface area contributed by atoms with Crippen molar-refractivity contribution < 1.29 is 9.90 Å². The minimum atomic E-state index is -0.885. The van der Waals surface area contributed by atoms with Gasteiger partial charge < -0.3 is 9.67 Å². The number of nitrogens with zero attached hydrogens (tertiary/aromatic N) is 2. The highest BCUT2D eigenvalue weighted by Crippen LogP contribution is 2.30. The Morgan fingerprint density at radius 2 is 2.05 bits per heavy atom. The van der Waals surface area contributed by atoms with Gasteiger partial charge in [-0.1, -0.05) is 28.1 Å². The van der Waals surface area contributed by atoms with Gasteiger partial charge in [-0.3, -0.25) is 4.79 Å². The van der Waals surface area contributed by atoms with Crippen LogP contribution in [-0.2, 0) is 11.3 Å². The van der Waals surface area contributed by atoms with E-state index in [1.807, 2.05) is 42.5 Å². The molecule has 0 radical (unpaired) electrons. The summed E-state index contributed by atoms with van der Waals surface area (Å²) in [6, 6.07) is 13.5. The zero-order chi connectivity index (χ0) is 15.0. The first-order valence-corrected chi connectivity index (χ1v) is 8.06. The Labute approximate surface area is 143 Å². The lowest BCUT2D eigenvalue weighted by Crippen LogP contribution is -2.10. The van der Waals surface area contributed by atoms with Crippen LogP contribution < -0.4 is 0 Å². The molecule has 0 atom stereocenters. The van der Waals surface area contributed by atoms with E-state index in [9.17, 15) is 9.90 Å². The molecule has 0 bridgehead atoms. The van der Waals surface area contributed by atoms with Crippen molar-refractivity contribution in [3.8, 4) is 11.4 Å². The van der Waals surface area contributed by atoms with E-state index in [1.165, 1.54) is 0 Å². The number of benzene rings is 2. The largest absolute Gasteiger partial charge is 0.480 e. The van der Waals surface area contributed by atoms with Gasteiger partial charge in [0.25, 0.3) is 0 Å². The molecular formula is C15H10BrIN2O2. The second kappa shape index (κ2) is 5.76. The van der Waals surface area contributed by atoms with Crippen molar-refractivity contribution in [1.29, 1.82) is 0 Å². The molecular weight excluding hydrogens is 447 g/mol. The van der Waals surface area contributed by atoms with Gasteiger partial charge in [0.1, 0.15) is 12.4 Å². The summed E-state index contributed by atoms with van der Waals surface area (Å²) in [6.07, 6.45) is 0. The van der Waals surface area contributed by atoms with E-state index < -0.39 is 5.97 Å². The minimum absolute atomic E-state index is 0.113. The van der Waals surface area contributed by atoms with Crippen LogP contribution in [0.5, 0.6) is 0 Å². The summed E-state index contributed by atoms with van der Waals surface area (Å²) in [4.78, 5) is 15.8. The molecule has 0 saturated heterocycles. The normalized spacial score (nSPS) is 11.0. The molecule has 1 aromatic heterocycles. The molecule has 0 aliphatic rings. The number of rotatable bonds is 3. The molecule has 1 N–H and O–H groups in total. The van der Waals surface area contributed by atoms with Gasteiger partial charge in [-0.05, 0) is 52.9 Å². The molecule has 0 spiro atoms. The fraction of sp³-hybridized carbons (Fsp3) is 0.0667. The van der Waals surface area contributed by atoms with Crippen LogP contribution in [0.3, 0.4) is 0 Å². The predicted molar refractivity (Wildman–Crippen MR) is 93.2 cm³/mol. The van der Waals surface area contributed by atoms with Crippen molar-refractivity contribution in [3.63, 3.8) is 0 Å². The summed E-state index contributed by atoms with van der Waals surface area (Å²) < 4.78 is 3.70. The molecule has 0 aliphatic carbocycles. The summed E-state index contributed by atoms with van der Waals surface area (Å²) in [7, 11) is 0. The highest BCUT2D eigenvalue weighted by Gasteiger charge is 2.16. The molecule has 2 aromatic carbocycles. The minimum Gasteiger partial charge on any atom is -0.480 e. The van der Waals surface area contributed by atoms with Gasteiger partial charge in [0.2, 0.25) is 0 Å². The van der Waals surface area contributed by atoms with E-state index in [-0.39, 0.29) is 6.54 Å². The standard InChI is InChI=1S/C15H10BrIN2O2/c16-9-5-6-11(17)10(7-9)15-18-12-3-1-2-4-13(12)19(15)8-14(20)21/h1-7H,8H2,(H,20,21). The number of imidazole rings is 1. The SMILES string of the molecule is O=C(O)Cn1c(-c2cc(Br)ccc2I)nc2ccccc21. The molecule has 1 heterocycles. The molecule has 6 heteroatoms. The first-order chi connectivity index (χ1) is 10.1. The van der Waals surface area contributed by atoms with E-state index in [2.05, 4.69) is 43.5 Å². The second-order valence-electron chi connectivity index (χ2n) is 4.53. The Morgan fingerprint density at radius 3 is 2.81 bits per heavy atom. The fourth-order valence-corrected chi connectivity index (χ4v) is 3.18. The molecule has 106 valence electrons. The van der Waals surface area contributed by atoms with Crippen molar-refractivity contribution in [1.82, 2.24) is 9.55 Å². The van der Waals surface area contributed by atoms with E-state index in [0.717, 1.165) is 24.6 Å². The van der Waals surface area contributed by atoms with Crippen molar-refractivity contribution >= 4 is 55.5 Å². The number of fused-ring (bicyclic) bond motifs is 1. The Morgan fingerprint density at radius 1 is 1.29 bits per heavy atom. The van der Waals surface area contributed by atoms with Gasteiger partial charge in [0.05, 0.1) is 11.0 Å². The van der Waals surface area contributed by atoms with Crippen molar-refractivity contribution in [2.24, 2.45) is 0 Å². The zero-order valence-corrected chi connectivity index (χ0v) is 14.5. The predicted octanol–water partition coefficient (Wildman–Crippen LogP) is 4.16. The van der Waals surface area contributed by atoms with E-state index in [4.69, 9.17) is 0 Å². The molecule has 3 rings (SSSR count).